The molecule has 1 aliphatic rings. The molecule has 0 unspecified atom stereocenters. The number of H-pyrrole nitrogens is 1. The first-order valence-electron chi connectivity index (χ1n) is 14.3. The quantitative estimate of drug-likeness (QED) is 0.217. The van der Waals surface area contributed by atoms with E-state index in [9.17, 15) is 0 Å². The monoisotopic (exact) mass is 526 g/mol. The summed E-state index contributed by atoms with van der Waals surface area (Å²) in [6.45, 7) is 4.77. The Morgan fingerprint density at radius 3 is 2.34 bits per heavy atom. The standard InChI is InChI=1S/C38H27N3/c1-38(2)30-15-8-6-13-26(30)28-21-19-24-20-22-29-27-14-7-9-16-31(27)41(37(29)34(24)35(28)38)33-18-10-17-32-36(33)39-23-40(32)25-11-4-3-5-12-25/h3-23H,1-2H3/p+1. The maximum atomic E-state index is 3.65. The number of imidazole rings is 1. The molecule has 0 saturated carbocycles. The number of fused-ring (bicyclic) bond motifs is 10. The van der Waals surface area contributed by atoms with Gasteiger partial charge in [-0.1, -0.05) is 105 Å². The average molecular weight is 527 g/mol. The summed E-state index contributed by atoms with van der Waals surface area (Å²) in [7, 11) is 0. The van der Waals surface area contributed by atoms with Gasteiger partial charge in [-0.05, 0) is 58.0 Å². The molecule has 0 spiro atoms. The fourth-order valence-electron chi connectivity index (χ4n) is 7.45. The first kappa shape index (κ1) is 22.6. The SMILES string of the molecule is CC1(C)c2ccccc2-c2ccc3ccc4c5ccccc5n(-c5cccc6c5[nH]c[n+]6-c5ccccc5)c4c3c21. The van der Waals surface area contributed by atoms with Crippen LogP contribution in [0, 0.1) is 0 Å². The summed E-state index contributed by atoms with van der Waals surface area (Å²) in [5.74, 6) is 0. The number of aromatic nitrogens is 3. The first-order valence-corrected chi connectivity index (χ1v) is 14.3. The number of hydrogen-bond donors (Lipinski definition) is 1. The molecule has 0 atom stereocenters. The van der Waals surface area contributed by atoms with E-state index in [4.69, 9.17) is 0 Å². The summed E-state index contributed by atoms with van der Waals surface area (Å²) in [5.41, 5.74) is 12.5. The smallest absolute Gasteiger partial charge is 0.247 e. The molecule has 0 amide bonds. The van der Waals surface area contributed by atoms with Crippen LogP contribution in [0.1, 0.15) is 25.0 Å². The minimum Gasteiger partial charge on any atom is -0.305 e. The third-order valence-corrected chi connectivity index (χ3v) is 9.23. The third-order valence-electron chi connectivity index (χ3n) is 9.23. The van der Waals surface area contributed by atoms with Crippen molar-refractivity contribution in [1.29, 1.82) is 0 Å². The molecule has 8 aromatic rings. The van der Waals surface area contributed by atoms with Crippen LogP contribution < -0.4 is 4.57 Å². The van der Waals surface area contributed by atoms with Crippen molar-refractivity contribution in [3.63, 3.8) is 0 Å². The highest BCUT2D eigenvalue weighted by Gasteiger charge is 2.37. The summed E-state index contributed by atoms with van der Waals surface area (Å²) in [6, 6.07) is 44.2. The van der Waals surface area contributed by atoms with Gasteiger partial charge >= 0.3 is 0 Å². The van der Waals surface area contributed by atoms with Crippen LogP contribution in [0.2, 0.25) is 0 Å². The van der Waals surface area contributed by atoms with Gasteiger partial charge in [-0.2, -0.15) is 4.57 Å². The molecule has 3 nitrogen and oxygen atoms in total. The molecule has 0 radical (unpaired) electrons. The van der Waals surface area contributed by atoms with Crippen LogP contribution in [-0.4, -0.2) is 9.55 Å². The van der Waals surface area contributed by atoms with Crippen molar-refractivity contribution in [1.82, 2.24) is 9.55 Å². The Morgan fingerprint density at radius 2 is 1.44 bits per heavy atom. The first-order chi connectivity index (χ1) is 20.1. The Balaban J connectivity index is 1.46. The van der Waals surface area contributed by atoms with Crippen LogP contribution in [-0.2, 0) is 5.41 Å². The van der Waals surface area contributed by atoms with Crippen LogP contribution >= 0.6 is 0 Å². The topological polar surface area (TPSA) is 24.6 Å². The molecule has 194 valence electrons. The lowest BCUT2D eigenvalue weighted by atomic mass is 9.80. The van der Waals surface area contributed by atoms with E-state index in [0.29, 0.717) is 0 Å². The van der Waals surface area contributed by atoms with Gasteiger partial charge in [0.05, 0.1) is 16.7 Å². The van der Waals surface area contributed by atoms with Gasteiger partial charge in [0.15, 0.2) is 11.0 Å². The van der Waals surface area contributed by atoms with Crippen LogP contribution in [0.25, 0.3) is 66.1 Å². The summed E-state index contributed by atoms with van der Waals surface area (Å²) < 4.78 is 4.74. The molecule has 0 saturated heterocycles. The molecule has 2 aromatic heterocycles. The van der Waals surface area contributed by atoms with Crippen molar-refractivity contribution in [3.8, 4) is 22.5 Å². The van der Waals surface area contributed by atoms with Gasteiger partial charge in [-0.15, -0.1) is 0 Å². The molecule has 6 aromatic carbocycles. The predicted molar refractivity (Wildman–Crippen MR) is 169 cm³/mol. The average Bonchev–Trinajstić information content (AvgIpc) is 3.67. The minimum atomic E-state index is -0.115. The Kier molecular flexibility index (Phi) is 4.39. The molecule has 3 heteroatoms. The molecule has 0 bridgehead atoms. The van der Waals surface area contributed by atoms with Gasteiger partial charge in [0.1, 0.15) is 5.69 Å². The van der Waals surface area contributed by atoms with Gasteiger partial charge in [0, 0.05) is 21.6 Å². The number of nitrogens with one attached hydrogen (secondary N) is 1. The highest BCUT2D eigenvalue weighted by Crippen LogP contribution is 2.53. The Bertz CT molecular complexity index is 2330. The number of rotatable bonds is 2. The van der Waals surface area contributed by atoms with Crippen molar-refractivity contribution in [2.45, 2.75) is 19.3 Å². The summed E-state index contributed by atoms with van der Waals surface area (Å²) in [4.78, 5) is 3.65. The molecule has 0 fully saturated rings. The molecule has 2 heterocycles. The molecule has 1 N–H and O–H groups in total. The zero-order chi connectivity index (χ0) is 27.3. The number of para-hydroxylation sites is 3. The zero-order valence-electron chi connectivity index (χ0n) is 23.0. The second kappa shape index (κ2) is 7.96. The largest absolute Gasteiger partial charge is 0.305 e. The Hall–Kier alpha value is -5.15. The number of benzene rings is 6. The summed E-state index contributed by atoms with van der Waals surface area (Å²) >= 11 is 0. The Morgan fingerprint density at radius 1 is 0.659 bits per heavy atom. The van der Waals surface area contributed by atoms with Crippen molar-refractivity contribution >= 4 is 43.6 Å². The van der Waals surface area contributed by atoms with Gasteiger partial charge in [-0.3, -0.25) is 0 Å². The maximum Gasteiger partial charge on any atom is 0.247 e. The van der Waals surface area contributed by atoms with Crippen molar-refractivity contribution < 1.29 is 4.57 Å². The summed E-state index contributed by atoms with van der Waals surface area (Å²) in [5, 5.41) is 5.18. The molecular formula is C38H28N3+. The van der Waals surface area contributed by atoms with Crippen molar-refractivity contribution in [2.75, 3.05) is 0 Å². The van der Waals surface area contributed by atoms with E-state index in [1.807, 2.05) is 0 Å². The van der Waals surface area contributed by atoms with Gasteiger partial charge < -0.3 is 4.57 Å². The lowest BCUT2D eigenvalue weighted by Crippen LogP contribution is -2.28. The normalized spacial score (nSPS) is 13.8. The van der Waals surface area contributed by atoms with E-state index in [1.54, 1.807) is 0 Å². The Labute approximate surface area is 237 Å². The number of aromatic amines is 1. The van der Waals surface area contributed by atoms with E-state index in [1.165, 1.54) is 54.8 Å². The van der Waals surface area contributed by atoms with Gasteiger partial charge in [-0.25, -0.2) is 4.98 Å². The van der Waals surface area contributed by atoms with E-state index < -0.39 is 0 Å². The highest BCUT2D eigenvalue weighted by atomic mass is 15.1. The predicted octanol–water partition coefficient (Wildman–Crippen LogP) is 9.00. The minimum absolute atomic E-state index is 0.115. The van der Waals surface area contributed by atoms with E-state index in [2.05, 4.69) is 156 Å². The molecule has 0 aliphatic heterocycles. The number of nitrogens with zero attached hydrogens (tertiary/aromatic N) is 2. The second-order valence-electron chi connectivity index (χ2n) is 11.7. The van der Waals surface area contributed by atoms with Crippen LogP contribution in [0.5, 0.6) is 0 Å². The molecule has 1 aliphatic carbocycles. The highest BCUT2D eigenvalue weighted by molar-refractivity contribution is 6.21. The zero-order valence-corrected chi connectivity index (χ0v) is 23.0. The molecule has 9 rings (SSSR count). The van der Waals surface area contributed by atoms with Gasteiger partial charge in [0.2, 0.25) is 6.33 Å². The van der Waals surface area contributed by atoms with E-state index >= 15 is 0 Å². The van der Waals surface area contributed by atoms with Gasteiger partial charge in [0.25, 0.3) is 0 Å². The van der Waals surface area contributed by atoms with Crippen LogP contribution in [0.4, 0.5) is 0 Å². The molecule has 41 heavy (non-hydrogen) atoms. The fourth-order valence-corrected chi connectivity index (χ4v) is 7.45. The lowest BCUT2D eigenvalue weighted by molar-refractivity contribution is -0.567. The van der Waals surface area contributed by atoms with Crippen LogP contribution in [0.3, 0.4) is 0 Å². The van der Waals surface area contributed by atoms with Crippen molar-refractivity contribution in [3.05, 3.63) is 139 Å². The van der Waals surface area contributed by atoms with Crippen LogP contribution in [0.15, 0.2) is 128 Å². The van der Waals surface area contributed by atoms with Crippen molar-refractivity contribution in [2.24, 2.45) is 0 Å². The summed E-state index contributed by atoms with van der Waals surface area (Å²) in [6.07, 6.45) is 2.08. The van der Waals surface area contributed by atoms with E-state index in [0.717, 1.165) is 22.4 Å². The molecular weight excluding hydrogens is 498 g/mol. The lowest BCUT2D eigenvalue weighted by Gasteiger charge is -2.24. The second-order valence-corrected chi connectivity index (χ2v) is 11.7. The fraction of sp³-hybridized carbons (Fsp3) is 0.0789. The maximum absolute atomic E-state index is 3.65. The number of hydrogen-bond acceptors (Lipinski definition) is 0. The van der Waals surface area contributed by atoms with E-state index in [-0.39, 0.29) is 5.41 Å². The third kappa shape index (κ3) is 2.90.